The van der Waals surface area contributed by atoms with Gasteiger partial charge in [0.25, 0.3) is 0 Å². The van der Waals surface area contributed by atoms with E-state index in [9.17, 15) is 0 Å². The molecule has 16 heavy (non-hydrogen) atoms. The molecule has 128 valence electrons. The Morgan fingerprint density at radius 3 is 0.125 bits per heavy atom. The van der Waals surface area contributed by atoms with E-state index in [1.54, 1.807) is 0 Å². The van der Waals surface area contributed by atoms with Crippen molar-refractivity contribution in [3.05, 3.63) is 0 Å². The van der Waals surface area contributed by atoms with Crippen molar-refractivity contribution in [3.8, 4) is 0 Å². The van der Waals surface area contributed by atoms with Crippen LogP contribution in [0.2, 0.25) is 0 Å². The summed E-state index contributed by atoms with van der Waals surface area (Å²) in [6.45, 7) is 0. The van der Waals surface area contributed by atoms with Gasteiger partial charge >= 0.3 is 0 Å². The highest BCUT2D eigenvalue weighted by molar-refractivity contribution is 2.14. The highest BCUT2D eigenvalue weighted by atomic mass is 16.0. The predicted molar refractivity (Wildman–Crippen MR) is 66.3 cm³/mol. The Hall–Kier alpha value is -0.640. The van der Waals surface area contributed by atoms with Crippen LogP contribution in [0.1, 0.15) is 0 Å². The standard InChI is InChI=1S/6H3N.10H2O/h6*1H3;10*1H2. The van der Waals surface area contributed by atoms with Crippen molar-refractivity contribution in [2.24, 2.45) is 0 Å². The summed E-state index contributed by atoms with van der Waals surface area (Å²) in [6.07, 6.45) is 0. The third-order valence-electron chi connectivity index (χ3n) is 0. The van der Waals surface area contributed by atoms with Crippen molar-refractivity contribution in [2.45, 2.75) is 0 Å². The molecule has 0 aromatic rings. The van der Waals surface area contributed by atoms with Crippen molar-refractivity contribution in [2.75, 3.05) is 0 Å². The van der Waals surface area contributed by atoms with Gasteiger partial charge in [-0.3, -0.25) is 0 Å². The predicted octanol–water partition coefficient (Wildman–Crippen LogP) is -7.27. The SMILES string of the molecule is N.N.N.N.N.N.O.O.O.O.O.O.O.O.O.O. The Morgan fingerprint density at radius 1 is 0.125 bits per heavy atom. The molecule has 0 aliphatic rings. The van der Waals surface area contributed by atoms with E-state index in [0.29, 0.717) is 0 Å². The van der Waals surface area contributed by atoms with E-state index in [1.165, 1.54) is 0 Å². The first kappa shape index (κ1) is 7730. The van der Waals surface area contributed by atoms with Gasteiger partial charge in [-0.15, -0.1) is 0 Å². The largest absolute Gasteiger partial charge is 0.412 e. The maximum absolute atomic E-state index is 0. The molecule has 0 saturated heterocycles. The summed E-state index contributed by atoms with van der Waals surface area (Å²) in [6, 6.07) is 0. The van der Waals surface area contributed by atoms with E-state index in [1.807, 2.05) is 0 Å². The number of hydrogen-bond donors (Lipinski definition) is 6. The second-order valence-electron chi connectivity index (χ2n) is 0. The van der Waals surface area contributed by atoms with Gasteiger partial charge in [-0.1, -0.05) is 0 Å². The lowest BCUT2D eigenvalue weighted by Gasteiger charge is -0.413. The average Bonchev–Trinajstić information content (AvgIpc) is 0. The van der Waals surface area contributed by atoms with Gasteiger partial charge in [0.15, 0.2) is 0 Å². The molecule has 0 aromatic carbocycles. The van der Waals surface area contributed by atoms with Crippen LogP contribution in [0.4, 0.5) is 0 Å². The average molecular weight is 282 g/mol. The summed E-state index contributed by atoms with van der Waals surface area (Å²) in [5.41, 5.74) is 0. The van der Waals surface area contributed by atoms with Crippen LogP contribution >= 0.6 is 0 Å². The Kier molecular flexibility index (Phi) is 3020000. The van der Waals surface area contributed by atoms with E-state index in [-0.39, 0.29) is 91.7 Å². The summed E-state index contributed by atoms with van der Waals surface area (Å²) in [5, 5.41) is 0. The van der Waals surface area contributed by atoms with Gasteiger partial charge in [0.05, 0.1) is 0 Å². The minimum absolute atomic E-state index is 0. The van der Waals surface area contributed by atoms with Crippen molar-refractivity contribution >= 4 is 0 Å². The van der Waals surface area contributed by atoms with Gasteiger partial charge in [-0.25, -0.2) is 0 Å². The Labute approximate surface area is 93.0 Å². The maximum Gasteiger partial charge on any atom is -0.344 e. The van der Waals surface area contributed by atoms with Crippen LogP contribution < -0.4 is 36.9 Å². The normalized spacial score (nSPS) is 0. The van der Waals surface area contributed by atoms with Crippen LogP contribution in [-0.4, -0.2) is 54.8 Å². The zero-order chi connectivity index (χ0) is 0. The van der Waals surface area contributed by atoms with Crippen molar-refractivity contribution in [1.29, 1.82) is 0 Å². The van der Waals surface area contributed by atoms with Crippen LogP contribution in [0, 0.1) is 0 Å². The molecule has 0 fully saturated rings. The summed E-state index contributed by atoms with van der Waals surface area (Å²) in [4.78, 5) is 0. The van der Waals surface area contributed by atoms with Gasteiger partial charge in [0.1, 0.15) is 0 Å². The van der Waals surface area contributed by atoms with Crippen LogP contribution in [-0.2, 0) is 0 Å². The molecule has 16 heteroatoms. The molecule has 0 saturated carbocycles. The van der Waals surface area contributed by atoms with Gasteiger partial charge in [-0.05, 0) is 0 Å². The molecule has 38 N–H and O–H groups in total. The molecule has 0 radical (unpaired) electrons. The zero-order valence-corrected chi connectivity index (χ0v) is 9.24. The molecule has 0 aliphatic heterocycles. The molecular formula is H38N6O10. The fraction of sp³-hybridized carbons (Fsp3) is 0. The minimum Gasteiger partial charge on any atom is -0.412 e. The highest BCUT2D eigenvalue weighted by Crippen LogP contribution is -0.280. The molecule has 0 heterocycles. The highest BCUT2D eigenvalue weighted by Gasteiger charge is -0.338. The fourth-order valence-electron chi connectivity index (χ4n) is 0. The van der Waals surface area contributed by atoms with Crippen LogP contribution in [0.3, 0.4) is 0 Å². The van der Waals surface area contributed by atoms with Crippen LogP contribution in [0.15, 0.2) is 0 Å². The molecular weight excluding hydrogens is 244 g/mol. The van der Waals surface area contributed by atoms with E-state index < -0.39 is 0 Å². The first-order chi connectivity index (χ1) is 0. The fourth-order valence-corrected chi connectivity index (χ4v) is 0. The van der Waals surface area contributed by atoms with Crippen molar-refractivity contribution < 1.29 is 54.8 Å². The molecule has 0 aliphatic carbocycles. The topological polar surface area (TPSA) is 525 Å². The van der Waals surface area contributed by atoms with Gasteiger partial charge in [0.2, 0.25) is 0 Å². The number of hydrogen-bond acceptors (Lipinski definition) is 6. The van der Waals surface area contributed by atoms with Gasteiger partial charge in [-0.2, -0.15) is 0 Å². The zero-order valence-electron chi connectivity index (χ0n) is 9.24. The third kappa shape index (κ3) is 4980. The van der Waals surface area contributed by atoms with E-state index in [2.05, 4.69) is 0 Å². The quantitative estimate of drug-likeness (QED) is 0.250. The lowest BCUT2D eigenvalue weighted by molar-refractivity contribution is 0.823. The van der Waals surface area contributed by atoms with Gasteiger partial charge < -0.3 is 91.7 Å². The Morgan fingerprint density at radius 2 is 0.125 bits per heavy atom. The van der Waals surface area contributed by atoms with E-state index >= 15 is 0 Å². The monoisotopic (exact) mass is 282 g/mol. The third-order valence-corrected chi connectivity index (χ3v) is 0. The molecule has 0 amide bonds. The summed E-state index contributed by atoms with van der Waals surface area (Å²) < 4.78 is 0. The molecule has 0 unspecified atom stereocenters. The summed E-state index contributed by atoms with van der Waals surface area (Å²) in [5.74, 6) is 0. The van der Waals surface area contributed by atoms with E-state index in [0.717, 1.165) is 0 Å². The first-order valence-electron chi connectivity index (χ1n) is 0. The van der Waals surface area contributed by atoms with Crippen LogP contribution in [0.25, 0.3) is 0 Å². The lowest BCUT2D eigenvalue weighted by atomic mass is 14.0. The molecule has 0 atom stereocenters. The summed E-state index contributed by atoms with van der Waals surface area (Å²) >= 11 is 0. The molecule has 0 bridgehead atoms. The van der Waals surface area contributed by atoms with E-state index in [4.69, 9.17) is 0 Å². The molecule has 16 nitrogen and oxygen atoms in total. The van der Waals surface area contributed by atoms with Crippen LogP contribution in [0.5, 0.6) is 0 Å². The molecule has 0 aromatic heterocycles. The molecule has 0 rings (SSSR count). The second-order valence-corrected chi connectivity index (χ2v) is 0. The lowest BCUT2D eigenvalue weighted by Crippen LogP contribution is -0.482. The Balaban J connectivity index is 0. The maximum atomic E-state index is 0. The summed E-state index contributed by atoms with van der Waals surface area (Å²) in [7, 11) is 0. The molecule has 0 spiro atoms. The second kappa shape index (κ2) is 6260. The van der Waals surface area contributed by atoms with Crippen molar-refractivity contribution in [3.63, 3.8) is 0 Å². The smallest absolute Gasteiger partial charge is 0.344 e. The minimum atomic E-state index is 0. The number of rotatable bonds is 0. The first-order valence-corrected chi connectivity index (χ1v) is 0. The van der Waals surface area contributed by atoms with Gasteiger partial charge in [0, 0.05) is 0 Å². The Bertz CT molecular complexity index is 15.3. The van der Waals surface area contributed by atoms with Crippen molar-refractivity contribution in [1.82, 2.24) is 36.9 Å².